The van der Waals surface area contributed by atoms with Crippen LogP contribution in [0.25, 0.3) is 56.0 Å². The summed E-state index contributed by atoms with van der Waals surface area (Å²) in [5.41, 5.74) is 10.9. The van der Waals surface area contributed by atoms with Crippen molar-refractivity contribution in [3.8, 4) is 61.8 Å². The molecular formula is C38H32N2O. The molecule has 200 valence electrons. The Hall–Kier alpha value is -5.02. The van der Waals surface area contributed by atoms with E-state index in [0.29, 0.717) is 5.56 Å². The van der Waals surface area contributed by atoms with Crippen LogP contribution in [0.4, 0.5) is 0 Å². The smallest absolute Gasteiger partial charge is 0.124 e. The Morgan fingerprint density at radius 3 is 1.78 bits per heavy atom. The molecule has 2 heterocycles. The molecule has 4 aromatic carbocycles. The fourth-order valence-electron chi connectivity index (χ4n) is 5.16. The maximum Gasteiger partial charge on any atom is 0.124 e. The van der Waals surface area contributed by atoms with Gasteiger partial charge in [-0.05, 0) is 75.7 Å². The zero-order valence-corrected chi connectivity index (χ0v) is 23.5. The molecule has 3 heteroatoms. The summed E-state index contributed by atoms with van der Waals surface area (Å²) in [6, 6.07) is 43.1. The van der Waals surface area contributed by atoms with Crippen LogP contribution in [0, 0.1) is 0 Å². The molecule has 2 aromatic heterocycles. The lowest BCUT2D eigenvalue weighted by Crippen LogP contribution is -2.11. The summed E-state index contributed by atoms with van der Waals surface area (Å²) in [5, 5.41) is 10.8. The molecule has 0 aliphatic heterocycles. The number of aromatic nitrogens is 2. The van der Waals surface area contributed by atoms with E-state index in [0.717, 1.165) is 50.5 Å². The van der Waals surface area contributed by atoms with Crippen LogP contribution >= 0.6 is 0 Å². The molecule has 41 heavy (non-hydrogen) atoms. The van der Waals surface area contributed by atoms with Crippen LogP contribution in [0.5, 0.6) is 5.75 Å². The molecule has 0 fully saturated rings. The zero-order chi connectivity index (χ0) is 28.4. The number of rotatable bonds is 5. The van der Waals surface area contributed by atoms with Crippen LogP contribution in [0.1, 0.15) is 26.3 Å². The first kappa shape index (κ1) is 26.2. The molecule has 6 aromatic rings. The SMILES string of the molecule is CC(C)(C)c1ccnc(-c2cccc(-c3cc(-c4ccccc4-c4ccccc4)cc(-c4ccccc4O)n3)c2)c1. The van der Waals surface area contributed by atoms with Gasteiger partial charge in [-0.2, -0.15) is 0 Å². The van der Waals surface area contributed by atoms with Crippen molar-refractivity contribution in [2.24, 2.45) is 0 Å². The van der Waals surface area contributed by atoms with Gasteiger partial charge in [-0.15, -0.1) is 0 Å². The molecular weight excluding hydrogens is 500 g/mol. The third-order valence-corrected chi connectivity index (χ3v) is 7.41. The van der Waals surface area contributed by atoms with Crippen molar-refractivity contribution in [1.29, 1.82) is 0 Å². The van der Waals surface area contributed by atoms with Crippen LogP contribution in [0.2, 0.25) is 0 Å². The van der Waals surface area contributed by atoms with Gasteiger partial charge in [0.05, 0.1) is 17.1 Å². The van der Waals surface area contributed by atoms with Gasteiger partial charge in [0.25, 0.3) is 0 Å². The summed E-state index contributed by atoms with van der Waals surface area (Å²) >= 11 is 0. The van der Waals surface area contributed by atoms with Gasteiger partial charge in [-0.25, -0.2) is 4.98 Å². The molecule has 1 N–H and O–H groups in total. The van der Waals surface area contributed by atoms with Gasteiger partial charge in [0, 0.05) is 22.9 Å². The van der Waals surface area contributed by atoms with E-state index in [2.05, 4.69) is 118 Å². The second kappa shape index (κ2) is 10.9. The molecule has 0 atom stereocenters. The van der Waals surface area contributed by atoms with Crippen LogP contribution in [0.3, 0.4) is 0 Å². The minimum atomic E-state index is 0.0317. The maximum atomic E-state index is 10.8. The lowest BCUT2D eigenvalue weighted by Gasteiger charge is -2.19. The lowest BCUT2D eigenvalue weighted by molar-refractivity contribution is 0.477. The topological polar surface area (TPSA) is 46.0 Å². The minimum absolute atomic E-state index is 0.0317. The van der Waals surface area contributed by atoms with Crippen LogP contribution < -0.4 is 0 Å². The number of phenolic OH excluding ortho intramolecular Hbond substituents is 1. The van der Waals surface area contributed by atoms with E-state index >= 15 is 0 Å². The normalized spacial score (nSPS) is 11.4. The Morgan fingerprint density at radius 1 is 0.488 bits per heavy atom. The monoisotopic (exact) mass is 532 g/mol. The Balaban J connectivity index is 1.53. The molecule has 0 spiro atoms. The van der Waals surface area contributed by atoms with E-state index in [4.69, 9.17) is 9.97 Å². The first-order valence-corrected chi connectivity index (χ1v) is 13.9. The number of phenols is 1. The molecule has 0 saturated heterocycles. The van der Waals surface area contributed by atoms with Crippen molar-refractivity contribution in [2.75, 3.05) is 0 Å². The first-order valence-electron chi connectivity index (χ1n) is 13.9. The summed E-state index contributed by atoms with van der Waals surface area (Å²) < 4.78 is 0. The molecule has 0 unspecified atom stereocenters. The number of para-hydroxylation sites is 1. The van der Waals surface area contributed by atoms with Crippen molar-refractivity contribution in [1.82, 2.24) is 9.97 Å². The molecule has 0 saturated carbocycles. The fraction of sp³-hybridized carbons (Fsp3) is 0.105. The number of pyridine rings is 2. The Morgan fingerprint density at radius 2 is 1.07 bits per heavy atom. The fourth-order valence-corrected chi connectivity index (χ4v) is 5.16. The second-order valence-corrected chi connectivity index (χ2v) is 11.3. The van der Waals surface area contributed by atoms with Gasteiger partial charge >= 0.3 is 0 Å². The van der Waals surface area contributed by atoms with Gasteiger partial charge in [0.2, 0.25) is 0 Å². The molecule has 6 rings (SSSR count). The predicted octanol–water partition coefficient (Wildman–Crippen LogP) is 9.81. The van der Waals surface area contributed by atoms with Gasteiger partial charge < -0.3 is 5.11 Å². The summed E-state index contributed by atoms with van der Waals surface area (Å²) in [6.45, 7) is 6.64. The van der Waals surface area contributed by atoms with E-state index in [-0.39, 0.29) is 11.2 Å². The average molecular weight is 533 g/mol. The highest BCUT2D eigenvalue weighted by atomic mass is 16.3. The largest absolute Gasteiger partial charge is 0.507 e. The van der Waals surface area contributed by atoms with Crippen molar-refractivity contribution in [3.63, 3.8) is 0 Å². The van der Waals surface area contributed by atoms with Crippen molar-refractivity contribution >= 4 is 0 Å². The lowest BCUT2D eigenvalue weighted by atomic mass is 9.87. The van der Waals surface area contributed by atoms with Crippen LogP contribution in [0.15, 0.2) is 134 Å². The number of aromatic hydroxyl groups is 1. The molecule has 3 nitrogen and oxygen atoms in total. The summed E-state index contributed by atoms with van der Waals surface area (Å²) in [7, 11) is 0. The Bertz CT molecular complexity index is 1830. The van der Waals surface area contributed by atoms with E-state index < -0.39 is 0 Å². The summed E-state index contributed by atoms with van der Waals surface area (Å²) in [6.07, 6.45) is 1.89. The number of hydrogen-bond donors (Lipinski definition) is 1. The third-order valence-electron chi connectivity index (χ3n) is 7.41. The van der Waals surface area contributed by atoms with Crippen LogP contribution in [-0.2, 0) is 5.41 Å². The van der Waals surface area contributed by atoms with E-state index in [1.165, 1.54) is 5.56 Å². The third kappa shape index (κ3) is 5.53. The quantitative estimate of drug-likeness (QED) is 0.240. The number of benzene rings is 4. The molecule has 0 amide bonds. The molecule has 0 radical (unpaired) electrons. The van der Waals surface area contributed by atoms with Gasteiger partial charge in [0.1, 0.15) is 5.75 Å². The first-order chi connectivity index (χ1) is 19.9. The maximum absolute atomic E-state index is 10.8. The highest BCUT2D eigenvalue weighted by Crippen LogP contribution is 2.38. The highest BCUT2D eigenvalue weighted by Gasteiger charge is 2.17. The van der Waals surface area contributed by atoms with Gasteiger partial charge in [-0.1, -0.05) is 106 Å². The molecule has 0 aliphatic rings. The average Bonchev–Trinajstić information content (AvgIpc) is 3.01. The zero-order valence-electron chi connectivity index (χ0n) is 23.5. The van der Waals surface area contributed by atoms with Crippen molar-refractivity contribution in [3.05, 3.63) is 139 Å². The summed E-state index contributed by atoms with van der Waals surface area (Å²) in [4.78, 5) is 9.77. The van der Waals surface area contributed by atoms with Gasteiger partial charge in [-0.3, -0.25) is 4.98 Å². The Labute approximate surface area is 241 Å². The van der Waals surface area contributed by atoms with E-state index in [1.54, 1.807) is 6.07 Å². The van der Waals surface area contributed by atoms with E-state index in [1.807, 2.05) is 30.5 Å². The summed E-state index contributed by atoms with van der Waals surface area (Å²) in [5.74, 6) is 0.205. The highest BCUT2D eigenvalue weighted by molar-refractivity contribution is 5.87. The van der Waals surface area contributed by atoms with Crippen molar-refractivity contribution < 1.29 is 5.11 Å². The predicted molar refractivity (Wildman–Crippen MR) is 170 cm³/mol. The van der Waals surface area contributed by atoms with E-state index in [9.17, 15) is 5.11 Å². The molecule has 0 aliphatic carbocycles. The van der Waals surface area contributed by atoms with Crippen LogP contribution in [-0.4, -0.2) is 15.1 Å². The number of hydrogen-bond acceptors (Lipinski definition) is 3. The minimum Gasteiger partial charge on any atom is -0.507 e. The van der Waals surface area contributed by atoms with Crippen molar-refractivity contribution in [2.45, 2.75) is 26.2 Å². The molecule has 0 bridgehead atoms. The van der Waals surface area contributed by atoms with Gasteiger partial charge in [0.15, 0.2) is 0 Å². The Kier molecular flexibility index (Phi) is 6.94. The second-order valence-electron chi connectivity index (χ2n) is 11.3. The number of nitrogens with zero attached hydrogens (tertiary/aromatic N) is 2. The standard InChI is InChI=1S/C38H32N2O/c1-38(2,3)30-20-21-39-34(25-30)27-14-11-15-28(22-27)35-23-29(24-36(40-35)33-18-9-10-19-37(33)41)32-17-8-7-16-31(32)26-12-5-4-6-13-26/h4-25,41H,1-3H3.